The van der Waals surface area contributed by atoms with Crippen LogP contribution in [0.15, 0.2) is 35.1 Å². The van der Waals surface area contributed by atoms with Crippen molar-refractivity contribution >= 4 is 23.0 Å². The summed E-state index contributed by atoms with van der Waals surface area (Å²) in [7, 11) is 0. The first-order valence-corrected chi connectivity index (χ1v) is 6.19. The van der Waals surface area contributed by atoms with Crippen molar-refractivity contribution in [3.05, 3.63) is 41.9 Å². The number of carbonyl (C=O) groups excluding carboxylic acids is 1. The number of aryl methyl sites for hydroxylation is 1. The molecule has 0 bridgehead atoms. The lowest BCUT2D eigenvalue weighted by molar-refractivity contribution is -0.116. The molecular formula is C14H15N3O2. The molecule has 98 valence electrons. The first kappa shape index (κ1) is 11.6. The third kappa shape index (κ3) is 2.40. The molecule has 19 heavy (non-hydrogen) atoms. The summed E-state index contributed by atoms with van der Waals surface area (Å²) in [6, 6.07) is 5.72. The van der Waals surface area contributed by atoms with Crippen LogP contribution in [0.5, 0.6) is 0 Å². The van der Waals surface area contributed by atoms with Crippen molar-refractivity contribution in [3.63, 3.8) is 0 Å². The second-order valence-electron chi connectivity index (χ2n) is 4.63. The lowest BCUT2D eigenvalue weighted by Gasteiger charge is -2.19. The number of carbonyl (C=O) groups is 1. The SMILES string of the molecule is Nc1cc2c(cc1NCc1ccoc1)CCC(=O)N2. The van der Waals surface area contributed by atoms with Crippen molar-refractivity contribution in [2.45, 2.75) is 19.4 Å². The molecule has 1 aliphatic heterocycles. The maximum absolute atomic E-state index is 11.3. The van der Waals surface area contributed by atoms with Gasteiger partial charge in [0.25, 0.3) is 0 Å². The summed E-state index contributed by atoms with van der Waals surface area (Å²) in [5.41, 5.74) is 10.5. The van der Waals surface area contributed by atoms with Gasteiger partial charge in [-0.2, -0.15) is 0 Å². The fourth-order valence-electron chi connectivity index (χ4n) is 2.19. The molecular weight excluding hydrogens is 242 g/mol. The number of amides is 1. The summed E-state index contributed by atoms with van der Waals surface area (Å²) in [6.45, 7) is 0.659. The number of nitrogens with one attached hydrogen (secondary N) is 2. The molecule has 1 aliphatic rings. The minimum absolute atomic E-state index is 0.0472. The number of hydrogen-bond donors (Lipinski definition) is 3. The van der Waals surface area contributed by atoms with Crippen LogP contribution in [0.3, 0.4) is 0 Å². The van der Waals surface area contributed by atoms with Crippen molar-refractivity contribution in [1.29, 1.82) is 0 Å². The maximum Gasteiger partial charge on any atom is 0.224 e. The molecule has 0 saturated carbocycles. The molecule has 1 aromatic heterocycles. The van der Waals surface area contributed by atoms with Gasteiger partial charge in [0.15, 0.2) is 0 Å². The zero-order valence-electron chi connectivity index (χ0n) is 10.4. The zero-order chi connectivity index (χ0) is 13.2. The van der Waals surface area contributed by atoms with Gasteiger partial charge < -0.3 is 20.8 Å². The molecule has 2 heterocycles. The van der Waals surface area contributed by atoms with Gasteiger partial charge in [0.05, 0.1) is 23.9 Å². The van der Waals surface area contributed by atoms with Gasteiger partial charge in [-0.3, -0.25) is 4.79 Å². The van der Waals surface area contributed by atoms with E-state index in [2.05, 4.69) is 10.6 Å². The highest BCUT2D eigenvalue weighted by Crippen LogP contribution is 2.31. The van der Waals surface area contributed by atoms with E-state index in [4.69, 9.17) is 10.2 Å². The van der Waals surface area contributed by atoms with Gasteiger partial charge in [0.1, 0.15) is 0 Å². The van der Waals surface area contributed by atoms with Crippen LogP contribution < -0.4 is 16.4 Å². The second kappa shape index (κ2) is 4.68. The van der Waals surface area contributed by atoms with E-state index in [9.17, 15) is 4.79 Å². The standard InChI is InChI=1S/C14H15N3O2/c15-11-6-12-10(1-2-14(18)17-12)5-13(11)16-7-9-3-4-19-8-9/h3-6,8,16H,1-2,7,15H2,(H,17,18). The Morgan fingerprint density at radius 1 is 1.37 bits per heavy atom. The molecule has 0 spiro atoms. The molecule has 0 radical (unpaired) electrons. The predicted octanol–water partition coefficient (Wildman–Crippen LogP) is 2.36. The number of hydrogen-bond acceptors (Lipinski definition) is 4. The Kier molecular flexibility index (Phi) is 2.87. The topological polar surface area (TPSA) is 80.3 Å². The maximum atomic E-state index is 11.3. The Morgan fingerprint density at radius 3 is 3.05 bits per heavy atom. The molecule has 2 aromatic rings. The average molecular weight is 257 g/mol. The van der Waals surface area contributed by atoms with Crippen LogP contribution in [0.2, 0.25) is 0 Å². The van der Waals surface area contributed by atoms with E-state index in [0.717, 1.165) is 28.9 Å². The number of nitrogen functional groups attached to an aromatic ring is 1. The monoisotopic (exact) mass is 257 g/mol. The Labute approximate surface area is 110 Å². The van der Waals surface area contributed by atoms with Crippen LogP contribution in [-0.4, -0.2) is 5.91 Å². The number of furan rings is 1. The third-order valence-electron chi connectivity index (χ3n) is 3.23. The number of anilines is 3. The van der Waals surface area contributed by atoms with Gasteiger partial charge in [-0.1, -0.05) is 0 Å². The van der Waals surface area contributed by atoms with Crippen LogP contribution >= 0.6 is 0 Å². The highest BCUT2D eigenvalue weighted by molar-refractivity contribution is 5.95. The molecule has 0 aliphatic carbocycles. The molecule has 5 nitrogen and oxygen atoms in total. The quantitative estimate of drug-likeness (QED) is 0.737. The van der Waals surface area contributed by atoms with Crippen molar-refractivity contribution in [2.24, 2.45) is 0 Å². The molecule has 1 aromatic carbocycles. The van der Waals surface area contributed by atoms with E-state index in [1.165, 1.54) is 0 Å². The number of fused-ring (bicyclic) bond motifs is 1. The lowest BCUT2D eigenvalue weighted by Crippen LogP contribution is -2.19. The molecule has 0 atom stereocenters. The fourth-order valence-corrected chi connectivity index (χ4v) is 2.19. The Morgan fingerprint density at radius 2 is 2.26 bits per heavy atom. The largest absolute Gasteiger partial charge is 0.472 e. The van der Waals surface area contributed by atoms with Crippen molar-refractivity contribution in [3.8, 4) is 0 Å². The predicted molar refractivity (Wildman–Crippen MR) is 73.8 cm³/mol. The minimum Gasteiger partial charge on any atom is -0.472 e. The Balaban J connectivity index is 1.80. The fraction of sp³-hybridized carbons (Fsp3) is 0.214. The van der Waals surface area contributed by atoms with Gasteiger partial charge in [0, 0.05) is 24.2 Å². The van der Waals surface area contributed by atoms with Gasteiger partial charge in [-0.15, -0.1) is 0 Å². The molecule has 1 amide bonds. The lowest BCUT2D eigenvalue weighted by atomic mass is 10.0. The highest BCUT2D eigenvalue weighted by Gasteiger charge is 2.16. The van der Waals surface area contributed by atoms with Crippen LogP contribution in [0.25, 0.3) is 0 Å². The smallest absolute Gasteiger partial charge is 0.224 e. The molecule has 0 saturated heterocycles. The van der Waals surface area contributed by atoms with Gasteiger partial charge in [-0.25, -0.2) is 0 Å². The summed E-state index contributed by atoms with van der Waals surface area (Å²) in [4.78, 5) is 11.3. The number of nitrogens with two attached hydrogens (primary N) is 1. The first-order chi connectivity index (χ1) is 9.22. The van der Waals surface area contributed by atoms with Crippen molar-refractivity contribution < 1.29 is 9.21 Å². The van der Waals surface area contributed by atoms with Gasteiger partial charge >= 0.3 is 0 Å². The number of rotatable bonds is 3. The molecule has 0 unspecified atom stereocenters. The van der Waals surface area contributed by atoms with Gasteiger partial charge in [-0.05, 0) is 30.2 Å². The highest BCUT2D eigenvalue weighted by atomic mass is 16.3. The molecule has 4 N–H and O–H groups in total. The minimum atomic E-state index is 0.0472. The summed E-state index contributed by atoms with van der Waals surface area (Å²) >= 11 is 0. The Bertz CT molecular complexity index is 605. The normalized spacial score (nSPS) is 13.8. The zero-order valence-corrected chi connectivity index (χ0v) is 10.4. The van der Waals surface area contributed by atoms with E-state index in [1.54, 1.807) is 12.5 Å². The first-order valence-electron chi connectivity index (χ1n) is 6.19. The van der Waals surface area contributed by atoms with Crippen LogP contribution in [0.1, 0.15) is 17.5 Å². The third-order valence-corrected chi connectivity index (χ3v) is 3.23. The molecule has 5 heteroatoms. The molecule has 0 fully saturated rings. The van der Waals surface area contributed by atoms with Crippen molar-refractivity contribution in [2.75, 3.05) is 16.4 Å². The summed E-state index contributed by atoms with van der Waals surface area (Å²) in [5, 5.41) is 6.11. The van der Waals surface area contributed by atoms with Crippen molar-refractivity contribution in [1.82, 2.24) is 0 Å². The summed E-state index contributed by atoms with van der Waals surface area (Å²) < 4.78 is 5.02. The van der Waals surface area contributed by atoms with Crippen LogP contribution in [0.4, 0.5) is 17.1 Å². The number of benzene rings is 1. The molecule has 3 rings (SSSR count). The van der Waals surface area contributed by atoms with E-state index < -0.39 is 0 Å². The second-order valence-corrected chi connectivity index (χ2v) is 4.63. The van der Waals surface area contributed by atoms with E-state index >= 15 is 0 Å². The average Bonchev–Trinajstić information content (AvgIpc) is 2.89. The van der Waals surface area contributed by atoms with E-state index in [1.807, 2.05) is 18.2 Å². The van der Waals surface area contributed by atoms with E-state index in [-0.39, 0.29) is 5.91 Å². The summed E-state index contributed by atoms with van der Waals surface area (Å²) in [5.74, 6) is 0.0472. The van der Waals surface area contributed by atoms with Crippen LogP contribution in [0, 0.1) is 0 Å². The Hall–Kier alpha value is -2.43. The van der Waals surface area contributed by atoms with E-state index in [0.29, 0.717) is 18.7 Å². The summed E-state index contributed by atoms with van der Waals surface area (Å²) in [6.07, 6.45) is 4.62. The van der Waals surface area contributed by atoms with Gasteiger partial charge in [0.2, 0.25) is 5.91 Å². The van der Waals surface area contributed by atoms with Crippen LogP contribution in [-0.2, 0) is 17.8 Å².